The number of anilines is 1. The van der Waals surface area contributed by atoms with E-state index in [4.69, 9.17) is 4.52 Å². The van der Waals surface area contributed by atoms with E-state index in [-0.39, 0.29) is 18.5 Å². The fourth-order valence-electron chi connectivity index (χ4n) is 3.34. The van der Waals surface area contributed by atoms with Crippen molar-refractivity contribution >= 4 is 17.6 Å². The summed E-state index contributed by atoms with van der Waals surface area (Å²) in [7, 11) is 0. The van der Waals surface area contributed by atoms with Crippen LogP contribution in [0.5, 0.6) is 0 Å². The minimum absolute atomic E-state index is 0.0532. The lowest BCUT2D eigenvalue weighted by Crippen LogP contribution is -2.42. The van der Waals surface area contributed by atoms with E-state index >= 15 is 0 Å². The molecule has 1 aromatic heterocycles. The summed E-state index contributed by atoms with van der Waals surface area (Å²) in [6.45, 7) is 2.59. The highest BCUT2D eigenvalue weighted by molar-refractivity contribution is 6.06. The highest BCUT2D eigenvalue weighted by Gasteiger charge is 2.28. The van der Waals surface area contributed by atoms with Gasteiger partial charge in [0.25, 0.3) is 5.91 Å². The summed E-state index contributed by atoms with van der Waals surface area (Å²) in [6.07, 6.45) is 1.33. The first-order valence-electron chi connectivity index (χ1n) is 9.30. The van der Waals surface area contributed by atoms with Gasteiger partial charge in [-0.3, -0.25) is 14.5 Å². The Balaban J connectivity index is 1.60. The largest absolute Gasteiger partial charge is 0.360 e. The minimum Gasteiger partial charge on any atom is -0.360 e. The molecule has 1 aliphatic heterocycles. The summed E-state index contributed by atoms with van der Waals surface area (Å²) in [5, 5.41) is 3.99. The van der Waals surface area contributed by atoms with Gasteiger partial charge in [0.1, 0.15) is 12.4 Å². The quantitative estimate of drug-likeness (QED) is 0.679. The summed E-state index contributed by atoms with van der Waals surface area (Å²) in [5.74, 6) is 0.861. The standard InChI is InChI=1S/C22H21N3O3/c1-16-14-20(23-28-16)25(15-24-13-5-8-21(24)26)22(27)19-11-9-18(10-12-19)17-6-3-2-4-7-17/h2-4,6-7,9-12,14H,5,8,13,15H2,1H3. The molecule has 0 N–H and O–H groups in total. The zero-order valence-corrected chi connectivity index (χ0v) is 15.7. The van der Waals surface area contributed by atoms with Crippen molar-refractivity contribution in [3.8, 4) is 11.1 Å². The van der Waals surface area contributed by atoms with Gasteiger partial charge in [-0.05, 0) is 36.6 Å². The topological polar surface area (TPSA) is 66.7 Å². The predicted octanol–water partition coefficient (Wildman–Crippen LogP) is 3.88. The van der Waals surface area contributed by atoms with Crippen molar-refractivity contribution in [1.82, 2.24) is 10.1 Å². The van der Waals surface area contributed by atoms with Crippen LogP contribution < -0.4 is 4.90 Å². The molecule has 3 aromatic rings. The van der Waals surface area contributed by atoms with Gasteiger partial charge in [0, 0.05) is 24.6 Å². The van der Waals surface area contributed by atoms with Crippen molar-refractivity contribution in [3.05, 3.63) is 72.0 Å². The van der Waals surface area contributed by atoms with E-state index in [1.165, 1.54) is 4.90 Å². The lowest BCUT2D eigenvalue weighted by atomic mass is 10.0. The molecular formula is C22H21N3O3. The number of aryl methyl sites for hydroxylation is 1. The molecule has 28 heavy (non-hydrogen) atoms. The number of likely N-dealkylation sites (tertiary alicyclic amines) is 1. The molecule has 0 atom stereocenters. The molecule has 4 rings (SSSR count). The van der Waals surface area contributed by atoms with Gasteiger partial charge < -0.3 is 9.42 Å². The van der Waals surface area contributed by atoms with Crippen LogP contribution in [-0.2, 0) is 4.79 Å². The van der Waals surface area contributed by atoms with Gasteiger partial charge in [-0.2, -0.15) is 0 Å². The van der Waals surface area contributed by atoms with Gasteiger partial charge >= 0.3 is 0 Å². The molecule has 1 saturated heterocycles. The fourth-order valence-corrected chi connectivity index (χ4v) is 3.34. The Morgan fingerprint density at radius 3 is 2.43 bits per heavy atom. The van der Waals surface area contributed by atoms with E-state index < -0.39 is 0 Å². The third kappa shape index (κ3) is 3.67. The number of carbonyl (C=O) groups excluding carboxylic acids is 2. The monoisotopic (exact) mass is 375 g/mol. The van der Waals surface area contributed by atoms with E-state index in [9.17, 15) is 9.59 Å². The molecule has 2 amide bonds. The second kappa shape index (κ2) is 7.68. The van der Waals surface area contributed by atoms with E-state index in [0.717, 1.165) is 17.5 Å². The van der Waals surface area contributed by atoms with E-state index in [1.807, 2.05) is 42.5 Å². The second-order valence-electron chi connectivity index (χ2n) is 6.87. The Bertz CT molecular complexity index is 980. The maximum atomic E-state index is 13.2. The number of benzene rings is 2. The fraction of sp³-hybridized carbons (Fsp3) is 0.227. The molecule has 142 valence electrons. The van der Waals surface area contributed by atoms with Crippen LogP contribution in [0.25, 0.3) is 11.1 Å². The molecule has 6 nitrogen and oxygen atoms in total. The van der Waals surface area contributed by atoms with Crippen molar-refractivity contribution in [2.24, 2.45) is 0 Å². The van der Waals surface area contributed by atoms with Crippen LogP contribution >= 0.6 is 0 Å². The van der Waals surface area contributed by atoms with Crippen molar-refractivity contribution in [2.75, 3.05) is 18.1 Å². The molecular weight excluding hydrogens is 354 g/mol. The average Bonchev–Trinajstić information content (AvgIpc) is 3.34. The van der Waals surface area contributed by atoms with Crippen LogP contribution in [0.4, 0.5) is 5.82 Å². The lowest BCUT2D eigenvalue weighted by Gasteiger charge is -2.26. The molecule has 1 fully saturated rings. The van der Waals surface area contributed by atoms with Crippen LogP contribution in [0, 0.1) is 6.92 Å². The van der Waals surface area contributed by atoms with Crippen molar-refractivity contribution in [3.63, 3.8) is 0 Å². The molecule has 0 spiro atoms. The molecule has 0 aliphatic carbocycles. The van der Waals surface area contributed by atoms with Crippen LogP contribution in [0.1, 0.15) is 29.0 Å². The number of rotatable bonds is 5. The highest BCUT2D eigenvalue weighted by Crippen LogP contribution is 2.23. The average molecular weight is 375 g/mol. The van der Waals surface area contributed by atoms with Gasteiger partial charge in [-0.1, -0.05) is 47.6 Å². The maximum absolute atomic E-state index is 13.2. The Labute approximate surface area is 163 Å². The number of hydrogen-bond acceptors (Lipinski definition) is 4. The Kier molecular flexibility index (Phi) is 4.93. The molecule has 2 heterocycles. The van der Waals surface area contributed by atoms with Gasteiger partial charge in [-0.15, -0.1) is 0 Å². The second-order valence-corrected chi connectivity index (χ2v) is 6.87. The summed E-state index contributed by atoms with van der Waals surface area (Å²) < 4.78 is 5.15. The van der Waals surface area contributed by atoms with Crippen LogP contribution in [0.15, 0.2) is 65.2 Å². The third-order valence-corrected chi connectivity index (χ3v) is 4.86. The summed E-state index contributed by atoms with van der Waals surface area (Å²) in [4.78, 5) is 28.4. The summed E-state index contributed by atoms with van der Waals surface area (Å²) in [5.41, 5.74) is 2.66. The first kappa shape index (κ1) is 18.0. The molecule has 6 heteroatoms. The lowest BCUT2D eigenvalue weighted by molar-refractivity contribution is -0.127. The van der Waals surface area contributed by atoms with Gasteiger partial charge in [-0.25, -0.2) is 0 Å². The van der Waals surface area contributed by atoms with Crippen LogP contribution in [-0.4, -0.2) is 35.1 Å². The Morgan fingerprint density at radius 2 is 1.82 bits per heavy atom. The molecule has 0 bridgehead atoms. The zero-order chi connectivity index (χ0) is 19.5. The van der Waals surface area contributed by atoms with Gasteiger partial charge in [0.05, 0.1) is 0 Å². The molecule has 2 aromatic carbocycles. The number of carbonyl (C=O) groups is 2. The molecule has 1 aliphatic rings. The highest BCUT2D eigenvalue weighted by atomic mass is 16.5. The van der Waals surface area contributed by atoms with Crippen LogP contribution in [0.2, 0.25) is 0 Å². The molecule has 0 saturated carbocycles. The number of nitrogens with zero attached hydrogens (tertiary/aromatic N) is 3. The van der Waals surface area contributed by atoms with Gasteiger partial charge in [0.15, 0.2) is 5.82 Å². The SMILES string of the molecule is Cc1cc(N(CN2CCCC2=O)C(=O)c2ccc(-c3ccccc3)cc2)no1. The number of hydrogen-bond donors (Lipinski definition) is 0. The van der Waals surface area contributed by atoms with Crippen molar-refractivity contribution in [1.29, 1.82) is 0 Å². The normalized spacial score (nSPS) is 13.8. The van der Waals surface area contributed by atoms with E-state index in [2.05, 4.69) is 5.16 Å². The third-order valence-electron chi connectivity index (χ3n) is 4.86. The zero-order valence-electron chi connectivity index (χ0n) is 15.7. The first-order chi connectivity index (χ1) is 13.6. The van der Waals surface area contributed by atoms with Crippen molar-refractivity contribution < 1.29 is 14.1 Å². The molecule has 0 radical (unpaired) electrons. The first-order valence-corrected chi connectivity index (χ1v) is 9.30. The van der Waals surface area contributed by atoms with Crippen molar-refractivity contribution in [2.45, 2.75) is 19.8 Å². The number of amides is 2. The van der Waals surface area contributed by atoms with E-state index in [1.54, 1.807) is 30.0 Å². The summed E-state index contributed by atoms with van der Waals surface area (Å²) in [6, 6.07) is 19.2. The maximum Gasteiger partial charge on any atom is 0.261 e. The predicted molar refractivity (Wildman–Crippen MR) is 106 cm³/mol. The van der Waals surface area contributed by atoms with Crippen LogP contribution in [0.3, 0.4) is 0 Å². The number of aromatic nitrogens is 1. The molecule has 0 unspecified atom stereocenters. The van der Waals surface area contributed by atoms with Gasteiger partial charge in [0.2, 0.25) is 5.91 Å². The smallest absolute Gasteiger partial charge is 0.261 e. The Morgan fingerprint density at radius 1 is 1.11 bits per heavy atom. The van der Waals surface area contributed by atoms with E-state index in [0.29, 0.717) is 30.1 Å². The summed E-state index contributed by atoms with van der Waals surface area (Å²) >= 11 is 0. The minimum atomic E-state index is -0.215. The Hall–Kier alpha value is -3.41.